The van der Waals surface area contributed by atoms with E-state index in [1.165, 1.54) is 0 Å². The third-order valence-electron chi connectivity index (χ3n) is 11.1. The first-order valence-corrected chi connectivity index (χ1v) is 18.4. The summed E-state index contributed by atoms with van der Waals surface area (Å²) in [5.74, 6) is -4.38. The summed E-state index contributed by atoms with van der Waals surface area (Å²) in [5, 5.41) is 40.1. The second kappa shape index (κ2) is 14.7. The second-order valence-corrected chi connectivity index (χ2v) is 14.1. The second-order valence-electron chi connectivity index (χ2n) is 14.1. The fourth-order valence-corrected chi connectivity index (χ4v) is 8.70. The van der Waals surface area contributed by atoms with Gasteiger partial charge in [-0.15, -0.1) is 0 Å². The molecule has 0 saturated heterocycles. The lowest BCUT2D eigenvalue weighted by atomic mass is 9.48. The van der Waals surface area contributed by atoms with Crippen LogP contribution in [0.3, 0.4) is 0 Å². The first-order valence-electron chi connectivity index (χ1n) is 18.4. The van der Waals surface area contributed by atoms with E-state index in [-0.39, 0.29) is 22.3 Å². The largest absolute Gasteiger partial charge is 0.478 e. The third-order valence-corrected chi connectivity index (χ3v) is 11.1. The number of aromatic carboxylic acids is 4. The molecule has 0 radical (unpaired) electrons. The maximum atomic E-state index is 12.3. The monoisotopic (exact) mass is 762 g/mol. The van der Waals surface area contributed by atoms with Crippen LogP contribution in [0.1, 0.15) is 85.9 Å². The molecule has 7 aromatic carbocycles. The van der Waals surface area contributed by atoms with Gasteiger partial charge in [-0.05, 0) is 104 Å². The molecule has 0 saturated carbocycles. The normalized spacial score (nSPS) is 17.2. The Balaban J connectivity index is 1.69. The molecule has 7 aromatic rings. The van der Waals surface area contributed by atoms with Crippen LogP contribution in [-0.4, -0.2) is 44.3 Å². The molecule has 1 aliphatic carbocycles. The maximum Gasteiger partial charge on any atom is 0.335 e. The number of fused-ring (bicyclic) bond motifs is 1. The molecule has 2 atom stereocenters. The predicted molar refractivity (Wildman–Crippen MR) is 220 cm³/mol. The SMILES string of the molecule is O=C(O)c1ccc(C2=C(c3ccc(C(=O)O)cc3)C(c3ccccc3)(c3ccc(C(=O)O)cc3)c3ccccc3C2(c2ccccc2)c2ccc(C(=O)O)cc2)cc1. The lowest BCUT2D eigenvalue weighted by Crippen LogP contribution is -2.44. The van der Waals surface area contributed by atoms with Gasteiger partial charge in [0, 0.05) is 0 Å². The summed E-state index contributed by atoms with van der Waals surface area (Å²) in [5.41, 5.74) is 5.35. The minimum atomic E-state index is -1.22. The highest BCUT2D eigenvalue weighted by molar-refractivity contribution is 6.09. The number of benzene rings is 7. The molecule has 0 heterocycles. The van der Waals surface area contributed by atoms with Gasteiger partial charge in [-0.2, -0.15) is 0 Å². The summed E-state index contributed by atoms with van der Waals surface area (Å²) < 4.78 is 0. The van der Waals surface area contributed by atoms with Crippen molar-refractivity contribution in [2.75, 3.05) is 0 Å². The minimum absolute atomic E-state index is 0.0719. The van der Waals surface area contributed by atoms with Crippen LogP contribution in [0.15, 0.2) is 182 Å². The number of carboxylic acid groups (broad SMARTS) is 4. The number of hydrogen-bond acceptors (Lipinski definition) is 4. The van der Waals surface area contributed by atoms with E-state index in [2.05, 4.69) is 0 Å². The molecule has 0 amide bonds. The molecule has 1 aliphatic rings. The molecule has 0 spiro atoms. The Morgan fingerprint density at radius 1 is 0.293 bits per heavy atom. The molecule has 0 aliphatic heterocycles. The van der Waals surface area contributed by atoms with Crippen LogP contribution >= 0.6 is 0 Å². The minimum Gasteiger partial charge on any atom is -0.478 e. The number of allylic oxidation sites excluding steroid dienone is 2. The first kappa shape index (κ1) is 37.1. The van der Waals surface area contributed by atoms with Crippen molar-refractivity contribution in [2.45, 2.75) is 10.8 Å². The Bertz CT molecular complexity index is 2550. The summed E-state index contributed by atoms with van der Waals surface area (Å²) in [4.78, 5) is 49.1. The van der Waals surface area contributed by atoms with Crippen LogP contribution in [0.2, 0.25) is 0 Å². The smallest absolute Gasteiger partial charge is 0.335 e. The predicted octanol–water partition coefficient (Wildman–Crippen LogP) is 9.77. The van der Waals surface area contributed by atoms with Gasteiger partial charge in [-0.1, -0.05) is 133 Å². The van der Waals surface area contributed by atoms with Gasteiger partial charge in [0.2, 0.25) is 0 Å². The van der Waals surface area contributed by atoms with Crippen molar-refractivity contribution >= 4 is 35.0 Å². The van der Waals surface area contributed by atoms with E-state index in [0.717, 1.165) is 33.4 Å². The summed E-state index contributed by atoms with van der Waals surface area (Å²) in [6, 6.07) is 54.4. The molecular formula is C50H34O8. The summed E-state index contributed by atoms with van der Waals surface area (Å²) in [6.45, 7) is 0. The number of hydrogen-bond donors (Lipinski definition) is 4. The Labute approximate surface area is 333 Å². The van der Waals surface area contributed by atoms with Gasteiger partial charge in [0.25, 0.3) is 0 Å². The van der Waals surface area contributed by atoms with Crippen LogP contribution in [-0.2, 0) is 10.8 Å². The molecular weight excluding hydrogens is 729 g/mol. The van der Waals surface area contributed by atoms with Crippen LogP contribution < -0.4 is 0 Å². The first-order chi connectivity index (χ1) is 28.1. The van der Waals surface area contributed by atoms with Crippen LogP contribution in [0, 0.1) is 0 Å². The van der Waals surface area contributed by atoms with Crippen LogP contribution in [0.25, 0.3) is 11.1 Å². The van der Waals surface area contributed by atoms with Crippen molar-refractivity contribution in [3.63, 3.8) is 0 Å². The van der Waals surface area contributed by atoms with Gasteiger partial charge in [0.05, 0.1) is 33.1 Å². The lowest BCUT2D eigenvalue weighted by molar-refractivity contribution is 0.0686. The van der Waals surface area contributed by atoms with Gasteiger partial charge in [0.15, 0.2) is 0 Å². The van der Waals surface area contributed by atoms with E-state index < -0.39 is 34.7 Å². The molecule has 58 heavy (non-hydrogen) atoms. The van der Waals surface area contributed by atoms with Crippen LogP contribution in [0.5, 0.6) is 0 Å². The summed E-state index contributed by atoms with van der Waals surface area (Å²) >= 11 is 0. The molecule has 0 bridgehead atoms. The fraction of sp³-hybridized carbons (Fsp3) is 0.0400. The topological polar surface area (TPSA) is 149 Å². The molecule has 8 nitrogen and oxygen atoms in total. The standard InChI is InChI=1S/C50H34O8/c51-45(52)33-19-15-31(16-20-33)43-44(32-17-21-34(22-18-32)46(53)54)50(38-11-5-2-6-12-38,40-29-25-36(26-30-40)48(57)58)42-14-8-7-13-41(42)49(43,37-9-3-1-4-10-37)39-27-23-35(24-28-39)47(55)56/h1-30H,(H,51,52)(H,53,54)(H,55,56)(H,57,58). The Morgan fingerprint density at radius 2 is 0.534 bits per heavy atom. The molecule has 0 fully saturated rings. The third kappa shape index (κ3) is 5.86. The molecule has 8 heteroatoms. The summed E-state index contributed by atoms with van der Waals surface area (Å²) in [7, 11) is 0. The quantitative estimate of drug-likeness (QED) is 0.108. The van der Waals surface area contributed by atoms with Gasteiger partial charge in [-0.3, -0.25) is 0 Å². The van der Waals surface area contributed by atoms with Gasteiger partial charge >= 0.3 is 23.9 Å². The van der Waals surface area contributed by atoms with E-state index in [4.69, 9.17) is 0 Å². The highest BCUT2D eigenvalue weighted by Gasteiger charge is 2.55. The van der Waals surface area contributed by atoms with Crippen LogP contribution in [0.4, 0.5) is 0 Å². The zero-order valence-corrected chi connectivity index (χ0v) is 30.7. The average molecular weight is 763 g/mol. The van der Waals surface area contributed by atoms with E-state index in [0.29, 0.717) is 22.3 Å². The molecule has 2 unspecified atom stereocenters. The highest BCUT2D eigenvalue weighted by atomic mass is 16.4. The van der Waals surface area contributed by atoms with Crippen molar-refractivity contribution in [2.24, 2.45) is 0 Å². The van der Waals surface area contributed by atoms with E-state index in [1.807, 2.05) is 84.9 Å². The zero-order valence-electron chi connectivity index (χ0n) is 30.7. The molecule has 282 valence electrons. The van der Waals surface area contributed by atoms with Crippen molar-refractivity contribution in [3.05, 3.63) is 249 Å². The van der Waals surface area contributed by atoms with Crippen molar-refractivity contribution in [1.82, 2.24) is 0 Å². The van der Waals surface area contributed by atoms with Crippen molar-refractivity contribution in [1.29, 1.82) is 0 Å². The van der Waals surface area contributed by atoms with E-state index in [1.54, 1.807) is 97.1 Å². The average Bonchev–Trinajstić information content (AvgIpc) is 3.26. The lowest BCUT2D eigenvalue weighted by Gasteiger charge is -2.52. The molecule has 4 N–H and O–H groups in total. The van der Waals surface area contributed by atoms with Gasteiger partial charge < -0.3 is 20.4 Å². The maximum absolute atomic E-state index is 12.3. The van der Waals surface area contributed by atoms with Gasteiger partial charge in [0.1, 0.15) is 0 Å². The Kier molecular flexibility index (Phi) is 9.38. The highest BCUT2D eigenvalue weighted by Crippen LogP contribution is 2.65. The van der Waals surface area contributed by atoms with E-state index >= 15 is 0 Å². The zero-order chi connectivity index (χ0) is 40.6. The van der Waals surface area contributed by atoms with Crippen molar-refractivity contribution in [3.8, 4) is 0 Å². The number of rotatable bonds is 10. The fourth-order valence-electron chi connectivity index (χ4n) is 8.70. The van der Waals surface area contributed by atoms with Gasteiger partial charge in [-0.25, -0.2) is 19.2 Å². The van der Waals surface area contributed by atoms with Crippen molar-refractivity contribution < 1.29 is 39.6 Å². The Hall–Kier alpha value is -7.84. The molecule has 8 rings (SSSR count). The Morgan fingerprint density at radius 3 is 0.810 bits per heavy atom. The van der Waals surface area contributed by atoms with E-state index in [9.17, 15) is 39.6 Å². The number of carboxylic acids is 4. The molecule has 0 aromatic heterocycles. The summed E-state index contributed by atoms with van der Waals surface area (Å²) in [6.07, 6.45) is 0. The number of carbonyl (C=O) groups is 4.